The standard InChI is InChI=1S/C33H27N3PS.C5H5.Fe/c1-25(30-23-14-24-31(30)38-29-21-12-5-13-22-29)36-33(32(34-35-36)26-15-6-2-7-16-26)37(27-17-8-3-9-18-27)28-19-10-4-11-20-28;1-2-4-5-3-1;/h2-25H,1H3;1-5H;/q2*-1;+2/t25-;;/m0../s1. The van der Waals surface area contributed by atoms with Gasteiger partial charge in [0.2, 0.25) is 0 Å². The molecule has 0 aliphatic carbocycles. The van der Waals surface area contributed by atoms with E-state index in [2.05, 4.69) is 145 Å². The van der Waals surface area contributed by atoms with E-state index in [0.717, 1.165) is 16.7 Å². The monoisotopic (exact) mass is 649 g/mol. The van der Waals surface area contributed by atoms with Crippen LogP contribution in [0.5, 0.6) is 0 Å². The van der Waals surface area contributed by atoms with Gasteiger partial charge < -0.3 is 0 Å². The first-order chi connectivity index (χ1) is 21.3. The first-order valence-corrected chi connectivity index (χ1v) is 16.5. The van der Waals surface area contributed by atoms with E-state index in [9.17, 15) is 0 Å². The molecule has 0 N–H and O–H groups in total. The molecule has 0 spiro atoms. The van der Waals surface area contributed by atoms with E-state index in [-0.39, 0.29) is 23.1 Å². The molecule has 0 fully saturated rings. The van der Waals surface area contributed by atoms with Gasteiger partial charge >= 0.3 is 17.1 Å². The Morgan fingerprint density at radius 2 is 1.20 bits per heavy atom. The van der Waals surface area contributed by atoms with Crippen LogP contribution in [-0.4, -0.2) is 15.0 Å². The molecule has 1 aromatic heterocycles. The van der Waals surface area contributed by atoms with Gasteiger partial charge in [0.25, 0.3) is 0 Å². The van der Waals surface area contributed by atoms with Crippen LogP contribution in [0.4, 0.5) is 0 Å². The molecule has 0 amide bonds. The molecular formula is C38H32FeN3PS. The third-order valence-electron chi connectivity index (χ3n) is 7.11. The largest absolute Gasteiger partial charge is 2.00 e. The summed E-state index contributed by atoms with van der Waals surface area (Å²) in [6.45, 7) is 2.24. The van der Waals surface area contributed by atoms with Crippen LogP contribution in [0.2, 0.25) is 0 Å². The zero-order valence-electron chi connectivity index (χ0n) is 24.3. The van der Waals surface area contributed by atoms with Crippen molar-refractivity contribution in [3.8, 4) is 11.3 Å². The number of rotatable bonds is 8. The Kier molecular flexibility index (Phi) is 11.2. The van der Waals surface area contributed by atoms with Gasteiger partial charge in [-0.2, -0.15) is 35.9 Å². The van der Waals surface area contributed by atoms with Gasteiger partial charge in [0, 0.05) is 24.4 Å². The normalized spacial score (nSPS) is 11.3. The maximum atomic E-state index is 4.84. The minimum atomic E-state index is -0.909. The zero-order valence-corrected chi connectivity index (χ0v) is 27.1. The second-order valence-electron chi connectivity index (χ2n) is 9.98. The van der Waals surface area contributed by atoms with Crippen molar-refractivity contribution in [3.63, 3.8) is 0 Å². The summed E-state index contributed by atoms with van der Waals surface area (Å²) in [5.74, 6) is 0. The van der Waals surface area contributed by atoms with Crippen molar-refractivity contribution in [1.29, 1.82) is 0 Å². The Morgan fingerprint density at radius 3 is 1.75 bits per heavy atom. The van der Waals surface area contributed by atoms with Crippen LogP contribution in [0, 0.1) is 0 Å². The summed E-state index contributed by atoms with van der Waals surface area (Å²) in [5.41, 5.74) is 4.44. The molecule has 218 valence electrons. The van der Waals surface area contributed by atoms with E-state index in [1.165, 1.54) is 26.0 Å². The Labute approximate surface area is 276 Å². The third kappa shape index (κ3) is 7.38. The van der Waals surface area contributed by atoms with Gasteiger partial charge in [-0.25, -0.2) is 22.9 Å². The Hall–Kier alpha value is -3.98. The maximum absolute atomic E-state index is 4.84. The molecule has 0 aliphatic rings. The van der Waals surface area contributed by atoms with Gasteiger partial charge in [0.05, 0.1) is 5.44 Å². The van der Waals surface area contributed by atoms with Gasteiger partial charge in [-0.3, -0.25) is 0 Å². The minimum absolute atomic E-state index is 0. The molecule has 6 heteroatoms. The topological polar surface area (TPSA) is 30.7 Å². The summed E-state index contributed by atoms with van der Waals surface area (Å²) in [5, 5.41) is 12.2. The van der Waals surface area contributed by atoms with E-state index in [1.54, 1.807) is 11.8 Å². The molecule has 0 aliphatic heterocycles. The smallest absolute Gasteiger partial charge is 0.249 e. The molecule has 0 bridgehead atoms. The summed E-state index contributed by atoms with van der Waals surface area (Å²) in [6, 6.07) is 59.1. The molecule has 7 aromatic rings. The van der Waals surface area contributed by atoms with Crippen molar-refractivity contribution in [2.24, 2.45) is 0 Å². The fraction of sp³-hybridized carbons (Fsp3) is 0.0526. The molecule has 3 nitrogen and oxygen atoms in total. The quantitative estimate of drug-likeness (QED) is 0.0939. The number of nitrogens with zero attached hydrogens (tertiary/aromatic N) is 3. The van der Waals surface area contributed by atoms with Crippen LogP contribution in [-0.2, 0) is 17.1 Å². The molecule has 0 unspecified atom stereocenters. The second-order valence-corrected chi connectivity index (χ2v) is 13.2. The average Bonchev–Trinajstić information content (AvgIpc) is 3.87. The van der Waals surface area contributed by atoms with Gasteiger partial charge in [0.1, 0.15) is 5.69 Å². The van der Waals surface area contributed by atoms with Gasteiger partial charge in [-0.15, -0.1) is 21.8 Å². The number of hydrogen-bond donors (Lipinski definition) is 0. The van der Waals surface area contributed by atoms with Gasteiger partial charge in [-0.05, 0) is 22.7 Å². The first-order valence-electron chi connectivity index (χ1n) is 14.4. The minimum Gasteiger partial charge on any atom is -0.249 e. The molecule has 1 heterocycles. The van der Waals surface area contributed by atoms with Crippen LogP contribution in [0.15, 0.2) is 180 Å². The van der Waals surface area contributed by atoms with E-state index in [1.807, 2.05) is 36.4 Å². The molecular weight excluding hydrogens is 617 g/mol. The Bertz CT molecular complexity index is 1750. The number of aromatic nitrogens is 3. The average molecular weight is 650 g/mol. The predicted octanol–water partition coefficient (Wildman–Crippen LogP) is 8.59. The summed E-state index contributed by atoms with van der Waals surface area (Å²) in [6.07, 6.45) is 0. The van der Waals surface area contributed by atoms with Crippen molar-refractivity contribution >= 4 is 35.7 Å². The van der Waals surface area contributed by atoms with E-state index in [4.69, 9.17) is 10.3 Å². The maximum Gasteiger partial charge on any atom is 2.00 e. The van der Waals surface area contributed by atoms with E-state index in [0.29, 0.717) is 0 Å². The van der Waals surface area contributed by atoms with Crippen molar-refractivity contribution in [2.75, 3.05) is 0 Å². The van der Waals surface area contributed by atoms with Crippen molar-refractivity contribution in [1.82, 2.24) is 15.0 Å². The third-order valence-corrected chi connectivity index (χ3v) is 10.7. The van der Waals surface area contributed by atoms with Crippen LogP contribution >= 0.6 is 19.7 Å². The fourth-order valence-corrected chi connectivity index (χ4v) is 8.59. The van der Waals surface area contributed by atoms with Gasteiger partial charge in [0.15, 0.2) is 0 Å². The summed E-state index contributed by atoms with van der Waals surface area (Å²) >= 11 is 1.80. The Balaban J connectivity index is 0.000000584. The van der Waals surface area contributed by atoms with Crippen molar-refractivity contribution in [3.05, 3.63) is 175 Å². The summed E-state index contributed by atoms with van der Waals surface area (Å²) < 4.78 is 2.17. The molecule has 1 atom stereocenters. The van der Waals surface area contributed by atoms with E-state index < -0.39 is 7.92 Å². The van der Waals surface area contributed by atoms with Crippen LogP contribution in [0.1, 0.15) is 18.5 Å². The summed E-state index contributed by atoms with van der Waals surface area (Å²) in [4.78, 5) is 2.47. The SMILES string of the molecule is C[C@@H](c1cc[cH-]c1Sc1ccccc1)n1nnc(-c2ccccc2)c1P(c1ccccc1)c1ccccc1.[Fe+2].c1cc[cH-]c1. The van der Waals surface area contributed by atoms with Crippen molar-refractivity contribution in [2.45, 2.75) is 22.8 Å². The van der Waals surface area contributed by atoms with Crippen LogP contribution < -0.4 is 16.0 Å². The van der Waals surface area contributed by atoms with Gasteiger partial charge in [-0.1, -0.05) is 121 Å². The number of benzene rings is 4. The summed E-state index contributed by atoms with van der Waals surface area (Å²) in [7, 11) is -0.909. The predicted molar refractivity (Wildman–Crippen MR) is 183 cm³/mol. The Morgan fingerprint density at radius 1 is 0.659 bits per heavy atom. The number of hydrogen-bond acceptors (Lipinski definition) is 3. The van der Waals surface area contributed by atoms with Crippen LogP contribution in [0.25, 0.3) is 11.3 Å². The molecule has 7 rings (SSSR count). The molecule has 0 radical (unpaired) electrons. The van der Waals surface area contributed by atoms with Crippen LogP contribution in [0.3, 0.4) is 0 Å². The van der Waals surface area contributed by atoms with Crippen molar-refractivity contribution < 1.29 is 17.1 Å². The van der Waals surface area contributed by atoms with E-state index >= 15 is 0 Å². The molecule has 0 saturated heterocycles. The second kappa shape index (κ2) is 15.7. The molecule has 0 saturated carbocycles. The zero-order chi connectivity index (χ0) is 29.3. The fourth-order valence-electron chi connectivity index (χ4n) is 5.01. The first kappa shape index (κ1) is 31.4. The molecule has 6 aromatic carbocycles. The molecule has 44 heavy (non-hydrogen) atoms.